The van der Waals surface area contributed by atoms with Gasteiger partial charge < -0.3 is 11.1 Å². The molecule has 1 unspecified atom stereocenters. The van der Waals surface area contributed by atoms with Crippen LogP contribution in [0, 0.1) is 13.8 Å². The molecule has 0 radical (unpaired) electrons. The monoisotopic (exact) mass is 275 g/mol. The van der Waals surface area contributed by atoms with E-state index >= 15 is 0 Å². The van der Waals surface area contributed by atoms with Gasteiger partial charge in [-0.05, 0) is 38.5 Å². The van der Waals surface area contributed by atoms with Gasteiger partial charge in [0.2, 0.25) is 0 Å². The molecule has 0 saturated carbocycles. The fourth-order valence-electron chi connectivity index (χ4n) is 1.87. The number of thiazole rings is 1. The van der Waals surface area contributed by atoms with E-state index in [1.165, 1.54) is 11.3 Å². The van der Waals surface area contributed by atoms with Gasteiger partial charge in [0.25, 0.3) is 5.91 Å². The van der Waals surface area contributed by atoms with Crippen LogP contribution in [0.2, 0.25) is 0 Å². The second kappa shape index (κ2) is 5.40. The van der Waals surface area contributed by atoms with Gasteiger partial charge in [0.1, 0.15) is 4.88 Å². The number of anilines is 1. The molecule has 0 fully saturated rings. The third-order valence-electron chi connectivity index (χ3n) is 2.89. The summed E-state index contributed by atoms with van der Waals surface area (Å²) in [6.07, 6.45) is 0. The molecule has 1 amide bonds. The van der Waals surface area contributed by atoms with E-state index in [-0.39, 0.29) is 11.9 Å². The van der Waals surface area contributed by atoms with Crippen molar-refractivity contribution in [3.05, 3.63) is 45.4 Å². The van der Waals surface area contributed by atoms with Crippen LogP contribution in [0.4, 0.5) is 5.69 Å². The van der Waals surface area contributed by atoms with Gasteiger partial charge in [-0.1, -0.05) is 12.1 Å². The highest BCUT2D eigenvalue weighted by molar-refractivity contribution is 7.13. The minimum Gasteiger partial charge on any atom is -0.399 e. The Morgan fingerprint density at radius 2 is 1.95 bits per heavy atom. The van der Waals surface area contributed by atoms with Gasteiger partial charge in [-0.25, -0.2) is 4.98 Å². The topological polar surface area (TPSA) is 68.0 Å². The molecule has 1 atom stereocenters. The first-order valence-electron chi connectivity index (χ1n) is 6.07. The summed E-state index contributed by atoms with van der Waals surface area (Å²) in [7, 11) is 0. The second-order valence-corrected chi connectivity index (χ2v) is 5.71. The van der Waals surface area contributed by atoms with Crippen LogP contribution >= 0.6 is 11.3 Å². The second-order valence-electron chi connectivity index (χ2n) is 4.51. The Kier molecular flexibility index (Phi) is 3.85. The average molecular weight is 275 g/mol. The summed E-state index contributed by atoms with van der Waals surface area (Å²) in [4.78, 5) is 17.1. The molecule has 0 aliphatic rings. The SMILES string of the molecule is Cc1nc(C)c(C(=O)NC(C)c2ccc(N)cc2)s1. The third kappa shape index (κ3) is 3.12. The molecule has 1 aromatic heterocycles. The molecule has 19 heavy (non-hydrogen) atoms. The Morgan fingerprint density at radius 1 is 1.32 bits per heavy atom. The first-order chi connectivity index (χ1) is 8.97. The van der Waals surface area contributed by atoms with Gasteiger partial charge in [0.05, 0.1) is 16.7 Å². The number of aryl methyl sites for hydroxylation is 2. The number of aromatic nitrogens is 1. The lowest BCUT2D eigenvalue weighted by atomic mass is 10.1. The smallest absolute Gasteiger partial charge is 0.263 e. The van der Waals surface area contributed by atoms with Crippen LogP contribution in [0.25, 0.3) is 0 Å². The number of carbonyl (C=O) groups excluding carboxylic acids is 1. The number of rotatable bonds is 3. The quantitative estimate of drug-likeness (QED) is 0.846. The molecule has 2 rings (SSSR count). The van der Waals surface area contributed by atoms with Crippen LogP contribution in [0.5, 0.6) is 0 Å². The van der Waals surface area contributed by atoms with Gasteiger partial charge >= 0.3 is 0 Å². The van der Waals surface area contributed by atoms with Crippen molar-refractivity contribution in [2.24, 2.45) is 0 Å². The molecule has 0 saturated heterocycles. The number of nitrogens with zero attached hydrogens (tertiary/aromatic N) is 1. The van der Waals surface area contributed by atoms with Crippen molar-refractivity contribution in [2.45, 2.75) is 26.8 Å². The molecule has 100 valence electrons. The Morgan fingerprint density at radius 3 is 2.47 bits per heavy atom. The zero-order valence-corrected chi connectivity index (χ0v) is 12.0. The number of benzene rings is 1. The minimum atomic E-state index is -0.0765. The van der Waals surface area contributed by atoms with E-state index in [0.717, 1.165) is 22.0 Å². The maximum absolute atomic E-state index is 12.2. The van der Waals surface area contributed by atoms with Gasteiger partial charge in [0.15, 0.2) is 0 Å². The number of hydrogen-bond acceptors (Lipinski definition) is 4. The maximum Gasteiger partial charge on any atom is 0.263 e. The Labute approximate surface area is 116 Å². The summed E-state index contributed by atoms with van der Waals surface area (Å²) in [5, 5.41) is 3.88. The molecule has 4 nitrogen and oxygen atoms in total. The lowest BCUT2D eigenvalue weighted by Gasteiger charge is -2.14. The molecule has 0 bridgehead atoms. The number of hydrogen-bond donors (Lipinski definition) is 2. The number of nitrogen functional groups attached to an aromatic ring is 1. The van der Waals surface area contributed by atoms with E-state index in [1.807, 2.05) is 45.0 Å². The van der Waals surface area contributed by atoms with Crippen LogP contribution in [0.3, 0.4) is 0 Å². The standard InChI is InChI=1S/C14H17N3OS/c1-8(11-4-6-12(15)7-5-11)17-14(18)13-9(2)16-10(3)19-13/h4-8H,15H2,1-3H3,(H,17,18). The van der Waals surface area contributed by atoms with Crippen molar-refractivity contribution in [2.75, 3.05) is 5.73 Å². The van der Waals surface area contributed by atoms with E-state index < -0.39 is 0 Å². The number of nitrogens with one attached hydrogen (secondary N) is 1. The molecule has 5 heteroatoms. The predicted octanol–water partition coefficient (Wildman–Crippen LogP) is 2.83. The van der Waals surface area contributed by atoms with Crippen molar-refractivity contribution < 1.29 is 4.79 Å². The first-order valence-corrected chi connectivity index (χ1v) is 6.89. The zero-order valence-electron chi connectivity index (χ0n) is 11.2. The van der Waals surface area contributed by atoms with E-state index in [9.17, 15) is 4.79 Å². The predicted molar refractivity (Wildman–Crippen MR) is 78.3 cm³/mol. The van der Waals surface area contributed by atoms with Gasteiger partial charge in [-0.3, -0.25) is 4.79 Å². The van der Waals surface area contributed by atoms with E-state index in [0.29, 0.717) is 4.88 Å². The van der Waals surface area contributed by atoms with Gasteiger partial charge in [0, 0.05) is 5.69 Å². The van der Waals surface area contributed by atoms with Crippen molar-refractivity contribution in [3.63, 3.8) is 0 Å². The van der Waals surface area contributed by atoms with Crippen LogP contribution in [0.1, 0.15) is 38.9 Å². The lowest BCUT2D eigenvalue weighted by Crippen LogP contribution is -2.26. The molecular weight excluding hydrogens is 258 g/mol. The molecule has 1 aromatic carbocycles. The number of amides is 1. The molecular formula is C14H17N3OS. The molecule has 1 heterocycles. The fraction of sp³-hybridized carbons (Fsp3) is 0.286. The Bertz CT molecular complexity index is 589. The maximum atomic E-state index is 12.2. The van der Waals surface area contributed by atoms with Crippen LogP contribution in [-0.4, -0.2) is 10.9 Å². The molecule has 0 spiro atoms. The van der Waals surface area contributed by atoms with Gasteiger partial charge in [-0.2, -0.15) is 0 Å². The normalized spacial score (nSPS) is 12.2. The highest BCUT2D eigenvalue weighted by atomic mass is 32.1. The van der Waals surface area contributed by atoms with E-state index in [4.69, 9.17) is 5.73 Å². The third-order valence-corrected chi connectivity index (χ3v) is 3.97. The van der Waals surface area contributed by atoms with Crippen molar-refractivity contribution in [3.8, 4) is 0 Å². The molecule has 3 N–H and O–H groups in total. The van der Waals surface area contributed by atoms with Gasteiger partial charge in [-0.15, -0.1) is 11.3 Å². The van der Waals surface area contributed by atoms with Crippen LogP contribution in [0.15, 0.2) is 24.3 Å². The highest BCUT2D eigenvalue weighted by Gasteiger charge is 2.16. The van der Waals surface area contributed by atoms with Crippen LogP contribution in [-0.2, 0) is 0 Å². The lowest BCUT2D eigenvalue weighted by molar-refractivity contribution is 0.0943. The molecule has 2 aromatic rings. The minimum absolute atomic E-state index is 0.0603. The first kappa shape index (κ1) is 13.5. The average Bonchev–Trinajstić information content (AvgIpc) is 2.69. The Hall–Kier alpha value is -1.88. The fourth-order valence-corrected chi connectivity index (χ4v) is 2.70. The van der Waals surface area contributed by atoms with Crippen molar-refractivity contribution >= 4 is 22.9 Å². The summed E-state index contributed by atoms with van der Waals surface area (Å²) < 4.78 is 0. The van der Waals surface area contributed by atoms with Crippen molar-refractivity contribution in [1.29, 1.82) is 0 Å². The summed E-state index contributed by atoms with van der Waals surface area (Å²) in [6.45, 7) is 5.71. The van der Waals surface area contributed by atoms with Crippen LogP contribution < -0.4 is 11.1 Å². The van der Waals surface area contributed by atoms with E-state index in [1.54, 1.807) is 0 Å². The summed E-state index contributed by atoms with van der Waals surface area (Å²) in [6, 6.07) is 7.45. The largest absolute Gasteiger partial charge is 0.399 e. The van der Waals surface area contributed by atoms with Crippen molar-refractivity contribution in [1.82, 2.24) is 10.3 Å². The van der Waals surface area contributed by atoms with E-state index in [2.05, 4.69) is 10.3 Å². The molecule has 0 aliphatic carbocycles. The summed E-state index contributed by atoms with van der Waals surface area (Å²) >= 11 is 1.42. The highest BCUT2D eigenvalue weighted by Crippen LogP contribution is 2.19. The summed E-state index contributed by atoms with van der Waals surface area (Å²) in [5.41, 5.74) is 8.18. The number of carbonyl (C=O) groups is 1. The molecule has 0 aliphatic heterocycles. The summed E-state index contributed by atoms with van der Waals surface area (Å²) in [5.74, 6) is -0.0765. The number of nitrogens with two attached hydrogens (primary N) is 1. The zero-order chi connectivity index (χ0) is 14.0. The Balaban J connectivity index is 2.10.